The third kappa shape index (κ3) is 4.23. The maximum Gasteiger partial charge on any atom is 0.335 e. The summed E-state index contributed by atoms with van der Waals surface area (Å²) >= 11 is 5.77. The van der Waals surface area contributed by atoms with Crippen LogP contribution in [0.4, 0.5) is 10.1 Å². The van der Waals surface area contributed by atoms with Gasteiger partial charge in [-0.25, -0.2) is 17.6 Å². The number of nitrogens with one attached hydrogen (secondary N) is 1. The first-order valence-corrected chi connectivity index (χ1v) is 8.36. The van der Waals surface area contributed by atoms with Gasteiger partial charge in [0.05, 0.1) is 27.0 Å². The van der Waals surface area contributed by atoms with Crippen molar-refractivity contribution in [1.82, 2.24) is 0 Å². The lowest BCUT2D eigenvalue weighted by Crippen LogP contribution is -2.34. The number of benzene rings is 1. The van der Waals surface area contributed by atoms with Crippen molar-refractivity contribution in [3.8, 4) is 0 Å². The third-order valence-electron chi connectivity index (χ3n) is 2.83. The predicted octanol–water partition coefficient (Wildman–Crippen LogP) is 3.26. The van der Waals surface area contributed by atoms with Gasteiger partial charge in [-0.2, -0.15) is 0 Å². The lowest BCUT2D eigenvalue weighted by atomic mass is 9.99. The number of ether oxygens (including phenoxy) is 1. The van der Waals surface area contributed by atoms with E-state index in [-0.39, 0.29) is 6.61 Å². The first kappa shape index (κ1) is 10.3. The summed E-state index contributed by atoms with van der Waals surface area (Å²) in [6.45, 7) is 1.28. The fraction of sp³-hybridized carbons (Fsp3) is 0.400. The average Bonchev–Trinajstić information content (AvgIpc) is 2.64. The molecule has 0 aromatic heterocycles. The third-order valence-corrected chi connectivity index (χ3v) is 4.77. The van der Waals surface area contributed by atoms with Gasteiger partial charge in [-0.05, 0) is 44.2 Å². The van der Waals surface area contributed by atoms with Gasteiger partial charge in [0.25, 0.3) is 0 Å². The molecule has 1 aliphatic rings. The van der Waals surface area contributed by atoms with E-state index in [0.717, 1.165) is 0 Å². The van der Waals surface area contributed by atoms with Gasteiger partial charge in [-0.1, -0.05) is 17.7 Å². The molecule has 1 aliphatic carbocycles. The van der Waals surface area contributed by atoms with E-state index in [1.165, 1.54) is 6.92 Å². The highest BCUT2D eigenvalue weighted by Crippen LogP contribution is 2.30. The molecule has 1 aromatic carbocycles. The van der Waals surface area contributed by atoms with Crippen LogP contribution in [0.5, 0.6) is 0 Å². The molecule has 0 saturated heterocycles. The second kappa shape index (κ2) is 7.31. The number of allylic oxidation sites excluding steroid dienone is 1. The van der Waals surface area contributed by atoms with Gasteiger partial charge in [0.2, 0.25) is 10.0 Å². The van der Waals surface area contributed by atoms with Gasteiger partial charge in [0.15, 0.2) is 0 Å². The monoisotopic (exact) mass is 368 g/mol. The minimum absolute atomic E-state index is 0.155. The van der Waals surface area contributed by atoms with Crippen LogP contribution in [0, 0.1) is 5.82 Å². The Kier molecular flexibility index (Phi) is 3.28. The number of anilines is 1. The van der Waals surface area contributed by atoms with Crippen LogP contribution >= 0.6 is 11.6 Å². The highest BCUT2D eigenvalue weighted by Gasteiger charge is 2.35. The molecule has 1 atom stereocenters. The molecule has 0 amide bonds. The molecule has 0 saturated carbocycles. The number of halogens is 2. The molecule has 23 heavy (non-hydrogen) atoms. The zero-order valence-corrected chi connectivity index (χ0v) is 13.4. The Labute approximate surface area is 149 Å². The van der Waals surface area contributed by atoms with Crippen LogP contribution in [0.25, 0.3) is 0 Å². The summed E-state index contributed by atoms with van der Waals surface area (Å²) in [5.74, 6) is -2.60. The zero-order valence-electron chi connectivity index (χ0n) is 18.9. The van der Waals surface area contributed by atoms with Crippen LogP contribution < -0.4 is 4.72 Å². The van der Waals surface area contributed by atoms with Gasteiger partial charge >= 0.3 is 5.97 Å². The lowest BCUT2D eigenvalue weighted by Gasteiger charge is -2.24. The van der Waals surface area contributed by atoms with Crippen LogP contribution in [0.3, 0.4) is 0 Å². The van der Waals surface area contributed by atoms with E-state index in [9.17, 15) is 17.6 Å². The Hall–Kier alpha value is -1.60. The number of carbonyl (C=O) groups excluding carboxylic acids is 1. The van der Waals surface area contributed by atoms with Crippen LogP contribution in [-0.2, 0) is 19.6 Å². The quantitative estimate of drug-likeness (QED) is 0.809. The summed E-state index contributed by atoms with van der Waals surface area (Å²) in [5.41, 5.74) is -1.45. The van der Waals surface area contributed by atoms with Crippen molar-refractivity contribution in [2.45, 2.75) is 31.3 Å². The molecule has 8 heteroatoms. The summed E-state index contributed by atoms with van der Waals surface area (Å²) < 4.78 is 100. The second-order valence-electron chi connectivity index (χ2n) is 4.36. The topological polar surface area (TPSA) is 72.5 Å². The van der Waals surface area contributed by atoms with Gasteiger partial charge in [-0.15, -0.1) is 0 Å². The fourth-order valence-corrected chi connectivity index (χ4v) is 3.43. The molecule has 5 nitrogen and oxygen atoms in total. The smallest absolute Gasteiger partial charge is 0.335 e. The van der Waals surface area contributed by atoms with Crippen LogP contribution in [0.2, 0.25) is 5.02 Å². The molecular weight excluding hydrogens is 345 g/mol. The minimum atomic E-state index is -4.78. The van der Waals surface area contributed by atoms with Crippen molar-refractivity contribution in [3.63, 3.8) is 0 Å². The second-order valence-corrected chi connectivity index (χ2v) is 6.60. The molecule has 1 aromatic rings. The number of hydrogen-bond donors (Lipinski definition) is 1. The average molecular weight is 369 g/mol. The molecule has 0 unspecified atom stereocenters. The Morgan fingerprint density at radius 1 is 1.61 bits per heavy atom. The lowest BCUT2D eigenvalue weighted by molar-refractivity contribution is -0.138. The maximum absolute atomic E-state index is 13.7. The van der Waals surface area contributed by atoms with Gasteiger partial charge in [0.1, 0.15) is 11.1 Å². The summed E-state index contributed by atoms with van der Waals surface area (Å²) in [6, 6.07) is -3.07. The van der Waals surface area contributed by atoms with E-state index in [1.807, 2.05) is 4.72 Å². The van der Waals surface area contributed by atoms with Gasteiger partial charge in [-0.3, -0.25) is 4.72 Å². The fourth-order valence-electron chi connectivity index (χ4n) is 1.81. The molecule has 0 spiro atoms. The highest BCUT2D eigenvalue weighted by atomic mass is 35.5. The summed E-state index contributed by atoms with van der Waals surface area (Å²) in [4.78, 5) is 12.2. The van der Waals surface area contributed by atoms with Crippen molar-refractivity contribution in [2.24, 2.45) is 0 Å². The Bertz CT molecular complexity index is 1000. The van der Waals surface area contributed by atoms with Gasteiger partial charge < -0.3 is 4.74 Å². The number of sulfonamides is 1. The van der Waals surface area contributed by atoms with Crippen LogP contribution in [0.15, 0.2) is 29.8 Å². The predicted molar refractivity (Wildman–Crippen MR) is 86.3 cm³/mol. The standard InChI is InChI=1S/C15H17ClFNO4S/c1-2-22-15(19)11-5-3-4-6-14(11)23(20,21)18-13-8-7-10(17)9-12(13)16/h5,7-9,14,18H,2-4,6H2,1H3/t14-/m1/s1/i3D2,4D2,7D,8D,9D. The number of carbonyl (C=O) groups is 1. The molecule has 126 valence electrons. The number of hydrogen-bond acceptors (Lipinski definition) is 4. The zero-order chi connectivity index (χ0) is 23.2. The Morgan fingerprint density at radius 2 is 2.35 bits per heavy atom. The van der Waals surface area contributed by atoms with Crippen molar-refractivity contribution in [1.29, 1.82) is 0 Å². The molecular formula is C15H17ClFNO4S. The maximum atomic E-state index is 13.7. The molecule has 2 rings (SSSR count). The molecule has 0 bridgehead atoms. The number of rotatable bonds is 5. The van der Waals surface area contributed by atoms with Crippen molar-refractivity contribution < 1.29 is 31.9 Å². The van der Waals surface area contributed by atoms with Crippen LogP contribution in [-0.4, -0.2) is 26.2 Å². The Balaban J connectivity index is 2.62. The minimum Gasteiger partial charge on any atom is -0.463 e. The van der Waals surface area contributed by atoms with E-state index < -0.39 is 80.6 Å². The van der Waals surface area contributed by atoms with Crippen molar-refractivity contribution >= 4 is 33.3 Å². The first-order valence-electron chi connectivity index (χ1n) is 9.93. The summed E-state index contributed by atoms with van der Waals surface area (Å²) in [6.07, 6.45) is -5.82. The normalized spacial score (nSPS) is 27.0. The largest absolute Gasteiger partial charge is 0.463 e. The van der Waals surface area contributed by atoms with Crippen molar-refractivity contribution in [3.05, 3.63) is 40.6 Å². The van der Waals surface area contributed by atoms with Crippen LogP contribution in [0.1, 0.15) is 35.7 Å². The van der Waals surface area contributed by atoms with E-state index in [0.29, 0.717) is 6.08 Å². The molecule has 1 N–H and O–H groups in total. The molecule has 0 aliphatic heterocycles. The van der Waals surface area contributed by atoms with E-state index in [4.69, 9.17) is 25.9 Å². The van der Waals surface area contributed by atoms with E-state index >= 15 is 0 Å². The Morgan fingerprint density at radius 3 is 3.04 bits per heavy atom. The van der Waals surface area contributed by atoms with Gasteiger partial charge in [0, 0.05) is 5.48 Å². The molecule has 0 fully saturated rings. The van der Waals surface area contributed by atoms with Crippen molar-refractivity contribution in [2.75, 3.05) is 11.3 Å². The SMILES string of the molecule is [2H]c1c([2H])c(NS(=O)(=O)[C@@H]2CC([2H])([2H])C([2H])([2H])C=C2C(=O)OCC)c(Cl)c([2H])c1F. The van der Waals surface area contributed by atoms with E-state index in [1.54, 1.807) is 0 Å². The summed E-state index contributed by atoms with van der Waals surface area (Å²) in [5, 5.41) is -2.74. The molecule has 0 radical (unpaired) electrons. The number of esters is 1. The first-order chi connectivity index (χ1) is 13.6. The summed E-state index contributed by atoms with van der Waals surface area (Å²) in [7, 11) is -4.78. The van der Waals surface area contributed by atoms with E-state index in [2.05, 4.69) is 0 Å². The highest BCUT2D eigenvalue weighted by molar-refractivity contribution is 7.93. The molecule has 0 heterocycles.